The van der Waals surface area contributed by atoms with Crippen LogP contribution in [0.4, 0.5) is 0 Å². The highest BCUT2D eigenvalue weighted by molar-refractivity contribution is 8.77. The van der Waals surface area contributed by atoms with Crippen LogP contribution in [0.25, 0.3) is 0 Å². The average Bonchev–Trinajstić information content (AvgIpc) is 1.69. The summed E-state index contributed by atoms with van der Waals surface area (Å²) in [5.41, 5.74) is 23.0. The predicted molar refractivity (Wildman–Crippen MR) is 438 cm³/mol. The van der Waals surface area contributed by atoms with Crippen molar-refractivity contribution in [1.29, 1.82) is 5.41 Å². The molecule has 0 aliphatic carbocycles. The molecule has 4 aliphatic heterocycles. The second-order valence-electron chi connectivity index (χ2n) is 28.9. The molecule has 4 aliphatic rings. The maximum absolute atomic E-state index is 15.1. The molecular weight excluding hydrogens is 1700 g/mol. The van der Waals surface area contributed by atoms with E-state index >= 15 is 9.59 Å². The molecule has 0 radical (unpaired) electrons. The second kappa shape index (κ2) is 49.4. The molecule has 123 heavy (non-hydrogen) atoms. The van der Waals surface area contributed by atoms with Crippen molar-refractivity contribution in [3.8, 4) is 5.75 Å². The van der Waals surface area contributed by atoms with Gasteiger partial charge in [-0.05, 0) is 68.6 Å². The zero-order valence-electron chi connectivity index (χ0n) is 66.7. The van der Waals surface area contributed by atoms with Crippen molar-refractivity contribution in [2.45, 2.75) is 194 Å². The van der Waals surface area contributed by atoms with Gasteiger partial charge in [0.2, 0.25) is 100 Å². The van der Waals surface area contributed by atoms with E-state index in [-0.39, 0.29) is 81.6 Å². The molecule has 4 fully saturated rings. The number of amides is 17. The van der Waals surface area contributed by atoms with Crippen molar-refractivity contribution in [2.24, 2.45) is 28.9 Å². The number of primary amides is 2. The molecule has 676 valence electrons. The maximum atomic E-state index is 15.1. The van der Waals surface area contributed by atoms with Crippen LogP contribution in [0.2, 0.25) is 0 Å². The number of nitrogens with one attached hydrogen (secondary N) is 16. The predicted octanol–water partition coefficient (Wildman–Crippen LogP) is -9.59. The van der Waals surface area contributed by atoms with E-state index in [0.29, 0.717) is 32.4 Å². The van der Waals surface area contributed by atoms with E-state index in [0.717, 1.165) is 20.6 Å². The Hall–Kier alpha value is -11.8. The van der Waals surface area contributed by atoms with Gasteiger partial charge in [-0.2, -0.15) is 0 Å². The SMILES string of the molecule is CC[C@H](C)C1NC(=O)[C@H](CCC(=O)O)NC(=O)[C@@H]2CCCN2C(=O)[C@H](Cc2c[nH]cn2)NC(=O)[C@H](CC(=O)O)NC(=O)C(Cc2ccc(O)cc2)NC(=O)[C@H](CC(N)=O)NC(=O)[C@@H]2CSSC[C@H](NC(=O)CN)C(=O)N[C@@H](CSSC[C@@H](C(N)=O)NC1=O)C(=O)N[C@@H](CO)C(=O)N[C@@H](CC(=O)O)C(=O)N1CCC[C@H]1C(=O)N[C@@H](CCCNC(=N)N)C(=O)N2. The zero-order valence-corrected chi connectivity index (χ0v) is 69.9. The number of aliphatic hydroxyl groups is 1. The first-order valence-corrected chi connectivity index (χ1v) is 43.7. The number of hydrogen-bond acceptors (Lipinski definition) is 29. The maximum Gasteiger partial charge on any atom is 0.305 e. The Morgan fingerprint density at radius 1 is 0.545 bits per heavy atom. The minimum Gasteiger partial charge on any atom is -0.508 e. The van der Waals surface area contributed by atoms with Crippen LogP contribution in [0.5, 0.6) is 5.75 Å². The Morgan fingerprint density at radius 2 is 1.02 bits per heavy atom. The van der Waals surface area contributed by atoms with E-state index < -0.39 is 302 Å². The summed E-state index contributed by atoms with van der Waals surface area (Å²) < 4.78 is 0. The molecule has 52 heteroatoms. The summed E-state index contributed by atoms with van der Waals surface area (Å²) in [6, 6.07) is -22.7. The van der Waals surface area contributed by atoms with Crippen molar-refractivity contribution in [3.63, 3.8) is 0 Å². The van der Waals surface area contributed by atoms with E-state index in [4.69, 9.17) is 28.3 Å². The molecule has 1 aromatic heterocycles. The number of aliphatic hydroxyl groups excluding tert-OH is 1. The normalized spacial score (nSPS) is 26.5. The highest BCUT2D eigenvalue weighted by atomic mass is 33.1. The summed E-state index contributed by atoms with van der Waals surface area (Å²) >= 11 is 0. The number of hydrogen-bond donors (Lipinski definition) is 25. The van der Waals surface area contributed by atoms with Crippen LogP contribution in [0.15, 0.2) is 36.8 Å². The molecule has 0 saturated carbocycles. The van der Waals surface area contributed by atoms with E-state index in [1.165, 1.54) is 43.7 Å². The van der Waals surface area contributed by atoms with Gasteiger partial charge < -0.3 is 138 Å². The van der Waals surface area contributed by atoms with Gasteiger partial charge in [-0.1, -0.05) is 75.6 Å². The number of aromatic nitrogens is 2. The average molecular weight is 1810 g/mol. The highest BCUT2D eigenvalue weighted by Crippen LogP contribution is 2.28. The number of carbonyl (C=O) groups excluding carboxylic acids is 17. The van der Waals surface area contributed by atoms with Crippen molar-refractivity contribution in [3.05, 3.63) is 48.0 Å². The summed E-state index contributed by atoms with van der Waals surface area (Å²) in [5, 5.41) is 92.5. The number of carbonyl (C=O) groups is 20. The number of carboxylic acid groups (broad SMARTS) is 3. The second-order valence-corrected chi connectivity index (χ2v) is 34.0. The Bertz CT molecular complexity index is 4200. The Morgan fingerprint density at radius 3 is 1.56 bits per heavy atom. The molecule has 29 N–H and O–H groups in total. The van der Waals surface area contributed by atoms with Gasteiger partial charge in [0.25, 0.3) is 0 Å². The van der Waals surface area contributed by atoms with Gasteiger partial charge in [-0.15, -0.1) is 0 Å². The largest absolute Gasteiger partial charge is 0.508 e. The number of phenolic OH excluding ortho intramolecular Hbond substituents is 1. The number of aromatic hydroxyl groups is 1. The third-order valence-corrected chi connectivity index (χ3v) is 24.5. The minimum atomic E-state index is -2.18. The number of rotatable bonds is 23. The summed E-state index contributed by atoms with van der Waals surface area (Å²) in [7, 11) is 2.82. The van der Waals surface area contributed by atoms with Crippen molar-refractivity contribution in [1.82, 2.24) is 94.2 Å². The van der Waals surface area contributed by atoms with Crippen LogP contribution in [0, 0.1) is 11.3 Å². The van der Waals surface area contributed by atoms with Crippen LogP contribution < -0.4 is 97.4 Å². The lowest BCUT2D eigenvalue weighted by Crippen LogP contribution is -2.62. The van der Waals surface area contributed by atoms with Crippen molar-refractivity contribution >= 4 is 167 Å². The fourth-order valence-corrected chi connectivity index (χ4v) is 17.7. The number of phenols is 1. The van der Waals surface area contributed by atoms with Crippen molar-refractivity contribution < 1.29 is 121 Å². The van der Waals surface area contributed by atoms with Crippen molar-refractivity contribution in [2.75, 3.05) is 55.8 Å². The number of fused-ring (bicyclic) bond motifs is 10. The molecule has 2 bridgehead atoms. The number of guanidine groups is 1. The summed E-state index contributed by atoms with van der Waals surface area (Å²) in [4.78, 5) is 292. The van der Waals surface area contributed by atoms with Gasteiger partial charge in [0.15, 0.2) is 5.96 Å². The van der Waals surface area contributed by atoms with Gasteiger partial charge in [-0.25, -0.2) is 4.98 Å². The number of H-pyrrole nitrogens is 1. The molecule has 5 heterocycles. The third kappa shape index (κ3) is 31.9. The molecule has 1 aromatic carbocycles. The van der Waals surface area contributed by atoms with Gasteiger partial charge in [0.1, 0.15) is 96.4 Å². The molecule has 0 spiro atoms. The fraction of sp³-hybridized carbons (Fsp3) is 0.577. The quantitative estimate of drug-likeness (QED) is 0.0213. The molecular formula is C71H103N23O25S4. The van der Waals surface area contributed by atoms with E-state index in [1.54, 1.807) is 6.92 Å². The number of nitrogens with zero attached hydrogens (tertiary/aromatic N) is 3. The number of benzene rings is 1. The van der Waals surface area contributed by atoms with Crippen LogP contribution in [0.1, 0.15) is 102 Å². The van der Waals surface area contributed by atoms with E-state index in [2.05, 4.69) is 84.4 Å². The number of carboxylic acids is 3. The monoisotopic (exact) mass is 1810 g/mol. The lowest BCUT2D eigenvalue weighted by Gasteiger charge is -2.31. The van der Waals surface area contributed by atoms with Gasteiger partial charge in [0.05, 0.1) is 44.4 Å². The van der Waals surface area contributed by atoms with Gasteiger partial charge in [-0.3, -0.25) is 101 Å². The number of aromatic amines is 1. The van der Waals surface area contributed by atoms with E-state index in [1.807, 2.05) is 0 Å². The first-order chi connectivity index (χ1) is 58.3. The van der Waals surface area contributed by atoms with Crippen LogP contribution in [-0.4, -0.2) is 316 Å². The van der Waals surface area contributed by atoms with Gasteiger partial charge in [0, 0.05) is 68.1 Å². The fourth-order valence-electron chi connectivity index (χ4n) is 13.0. The molecule has 17 amide bonds. The number of imidazole rings is 1. The molecule has 4 saturated heterocycles. The number of nitrogens with two attached hydrogens (primary N) is 4. The molecule has 48 nitrogen and oxygen atoms in total. The summed E-state index contributed by atoms with van der Waals surface area (Å²) in [5.74, 6) is -29.2. The Kier molecular flexibility index (Phi) is 40.1. The first kappa shape index (κ1) is 100. The summed E-state index contributed by atoms with van der Waals surface area (Å²) in [6.07, 6.45) is -3.92. The topological polar surface area (TPSA) is 774 Å². The highest BCUT2D eigenvalue weighted by Gasteiger charge is 2.45. The Balaban J connectivity index is 1.54. The van der Waals surface area contributed by atoms with E-state index in [9.17, 15) is 112 Å². The zero-order chi connectivity index (χ0) is 90.9. The van der Waals surface area contributed by atoms with Crippen LogP contribution >= 0.6 is 43.2 Å². The van der Waals surface area contributed by atoms with Gasteiger partial charge >= 0.3 is 17.9 Å². The lowest BCUT2D eigenvalue weighted by atomic mass is 9.97. The third-order valence-electron chi connectivity index (χ3n) is 19.7. The lowest BCUT2D eigenvalue weighted by molar-refractivity contribution is -0.146. The molecule has 16 atom stereocenters. The van der Waals surface area contributed by atoms with Crippen LogP contribution in [-0.2, 0) is 109 Å². The molecule has 2 aromatic rings. The Labute approximate surface area is 717 Å². The standard InChI is InChI=1S/C71H103N23O25S4/c1-3-32(2)55-68(117)89-44(56(74)105)27-120-122-30-47-65(114)88-43(26-95)62(111)87-42(23-54(103)104)70(119)94-18-6-8-48(94)66(115)81-36(7-4-16-78-71(75)76)57(106)90-46(29-123-121-28-45(63(112)91-47)80-51(98)24-72)64(113)84-39(21-50(73)97)60(109)83-38(19-33-10-12-35(96)13-11-33)59(108)85-40(22-53(101)102)61(110)86-41(20-34-25-77-31-79-34)69(118)93-17-5-9-49(93)67(116)82-37(58(107)92-55)14-15-52(99)100/h10-13,25,31-32,36-49,55,95-96H,3-9,14-24,26-30,72H2,1-2H3,(H2,73,97)(H2,74,105)(H,77,79)(H,80,98)(H,81,115)(H,82,116)(H,83,109)(H,84,113)(H,85,108)(H,86,110)(H,87,111)(H,88,114)(H,89,117)(H,90,106)(H,91,112)(H,92,107)(H,99,100)(H,101,102)(H,103,104)(H4,75,76,78)/t32-,36-,37-,38?,39-,40-,41-,42-,43-,44-,45-,46-,47-,48-,49-,55?/m0/s1. The minimum absolute atomic E-state index is 0.0587. The number of aliphatic carboxylic acids is 3. The smallest absolute Gasteiger partial charge is 0.305 e. The summed E-state index contributed by atoms with van der Waals surface area (Å²) in [6.45, 7) is 0.493. The molecule has 2 unspecified atom stereocenters. The molecule has 6 rings (SSSR count). The first-order valence-electron chi connectivity index (χ1n) is 38.7. The van der Waals surface area contributed by atoms with Crippen LogP contribution in [0.3, 0.4) is 0 Å².